The highest BCUT2D eigenvalue weighted by Gasteiger charge is 2.18. The van der Waals surface area contributed by atoms with Crippen molar-refractivity contribution < 1.29 is 14.3 Å². The molecule has 0 aliphatic rings. The van der Waals surface area contributed by atoms with Crippen molar-refractivity contribution in [1.82, 2.24) is 10.3 Å². The fourth-order valence-corrected chi connectivity index (χ4v) is 2.80. The third kappa shape index (κ3) is 4.63. The number of carbonyl (C=O) groups excluding carboxylic acids is 2. The molecule has 6 heteroatoms. The normalized spacial score (nSPS) is 11.8. The molecule has 27 heavy (non-hydrogen) atoms. The van der Waals surface area contributed by atoms with Crippen molar-refractivity contribution in [2.24, 2.45) is 0 Å². The number of rotatable bonds is 5. The molecule has 1 heterocycles. The molecule has 0 aliphatic carbocycles. The quantitative estimate of drug-likeness (QED) is 0.533. The van der Waals surface area contributed by atoms with Gasteiger partial charge in [0.15, 0.2) is 0 Å². The van der Waals surface area contributed by atoms with Crippen LogP contribution in [-0.2, 0) is 16.1 Å². The number of hydrogen-bond acceptors (Lipinski definition) is 4. The van der Waals surface area contributed by atoms with E-state index in [1.807, 2.05) is 37.3 Å². The zero-order chi connectivity index (χ0) is 19.4. The van der Waals surface area contributed by atoms with E-state index in [1.54, 1.807) is 31.2 Å². The molecule has 2 aromatic carbocycles. The SMILES string of the molecule is Cc1ccc2cc(COC(=O)C(C)NC(=O)c3ccccc3)c(Cl)nc2c1. The molecule has 0 fully saturated rings. The largest absolute Gasteiger partial charge is 0.459 e. The highest BCUT2D eigenvalue weighted by Crippen LogP contribution is 2.22. The van der Waals surface area contributed by atoms with E-state index in [2.05, 4.69) is 10.3 Å². The van der Waals surface area contributed by atoms with Crippen molar-refractivity contribution >= 4 is 34.4 Å². The van der Waals surface area contributed by atoms with Gasteiger partial charge in [0.25, 0.3) is 5.91 Å². The topological polar surface area (TPSA) is 68.3 Å². The van der Waals surface area contributed by atoms with E-state index in [-0.39, 0.29) is 12.5 Å². The van der Waals surface area contributed by atoms with Gasteiger partial charge in [0.2, 0.25) is 0 Å². The second-order valence-corrected chi connectivity index (χ2v) is 6.66. The minimum absolute atomic E-state index is 0.0139. The number of carbonyl (C=O) groups is 2. The van der Waals surface area contributed by atoms with E-state index in [0.717, 1.165) is 16.5 Å². The first kappa shape index (κ1) is 18.9. The van der Waals surface area contributed by atoms with Gasteiger partial charge in [-0.2, -0.15) is 0 Å². The standard InChI is InChI=1S/C21H19ClN2O3/c1-13-8-9-16-11-17(19(22)24-18(16)10-13)12-27-21(26)14(2)23-20(25)15-6-4-3-5-7-15/h3-11,14H,12H2,1-2H3,(H,23,25). The first-order valence-electron chi connectivity index (χ1n) is 8.52. The molecular weight excluding hydrogens is 364 g/mol. The summed E-state index contributed by atoms with van der Waals surface area (Å²) in [7, 11) is 0. The lowest BCUT2D eigenvalue weighted by atomic mass is 10.1. The highest BCUT2D eigenvalue weighted by atomic mass is 35.5. The van der Waals surface area contributed by atoms with Crippen LogP contribution in [0.2, 0.25) is 5.15 Å². The lowest BCUT2D eigenvalue weighted by Crippen LogP contribution is -2.39. The maximum atomic E-state index is 12.2. The van der Waals surface area contributed by atoms with Crippen molar-refractivity contribution in [3.63, 3.8) is 0 Å². The molecule has 1 N–H and O–H groups in total. The summed E-state index contributed by atoms with van der Waals surface area (Å²) in [6.07, 6.45) is 0. The summed E-state index contributed by atoms with van der Waals surface area (Å²) in [6, 6.07) is 15.6. The molecule has 1 atom stereocenters. The summed E-state index contributed by atoms with van der Waals surface area (Å²) in [6.45, 7) is 3.54. The molecule has 0 saturated heterocycles. The monoisotopic (exact) mass is 382 g/mol. The Hall–Kier alpha value is -2.92. The Balaban J connectivity index is 1.63. The van der Waals surface area contributed by atoms with Gasteiger partial charge >= 0.3 is 5.97 Å². The molecule has 1 unspecified atom stereocenters. The summed E-state index contributed by atoms with van der Waals surface area (Å²) in [5.41, 5.74) is 2.98. The molecule has 1 aromatic heterocycles. The number of halogens is 1. The average molecular weight is 383 g/mol. The Morgan fingerprint density at radius 3 is 2.63 bits per heavy atom. The molecule has 138 valence electrons. The number of aromatic nitrogens is 1. The number of aryl methyl sites for hydroxylation is 1. The van der Waals surface area contributed by atoms with Gasteiger partial charge in [0.1, 0.15) is 17.8 Å². The Bertz CT molecular complexity index is 989. The number of esters is 1. The number of nitrogens with one attached hydrogen (secondary N) is 1. The zero-order valence-electron chi connectivity index (χ0n) is 15.0. The fraction of sp³-hybridized carbons (Fsp3) is 0.190. The van der Waals surface area contributed by atoms with Gasteiger partial charge in [0.05, 0.1) is 5.52 Å². The minimum atomic E-state index is -0.785. The maximum absolute atomic E-state index is 12.2. The number of hydrogen-bond donors (Lipinski definition) is 1. The summed E-state index contributed by atoms with van der Waals surface area (Å²) in [5.74, 6) is -0.875. The van der Waals surface area contributed by atoms with Crippen molar-refractivity contribution in [1.29, 1.82) is 0 Å². The van der Waals surface area contributed by atoms with Crippen molar-refractivity contribution in [2.75, 3.05) is 0 Å². The highest BCUT2D eigenvalue weighted by molar-refractivity contribution is 6.30. The number of ether oxygens (including phenoxy) is 1. The van der Waals surface area contributed by atoms with Gasteiger partial charge < -0.3 is 10.1 Å². The van der Waals surface area contributed by atoms with Crippen molar-refractivity contribution in [3.05, 3.63) is 76.4 Å². The first-order chi connectivity index (χ1) is 12.9. The Labute approximate surface area is 162 Å². The summed E-state index contributed by atoms with van der Waals surface area (Å²) >= 11 is 6.21. The molecule has 3 rings (SSSR count). The van der Waals surface area contributed by atoms with Crippen LogP contribution in [0.1, 0.15) is 28.4 Å². The van der Waals surface area contributed by atoms with Crippen LogP contribution >= 0.6 is 11.6 Å². The van der Waals surface area contributed by atoms with Crippen LogP contribution in [0.4, 0.5) is 0 Å². The molecule has 0 saturated carbocycles. The van der Waals surface area contributed by atoms with E-state index in [9.17, 15) is 9.59 Å². The number of nitrogens with zero attached hydrogens (tertiary/aromatic N) is 1. The van der Waals surface area contributed by atoms with Crippen LogP contribution in [-0.4, -0.2) is 22.9 Å². The lowest BCUT2D eigenvalue weighted by molar-refractivity contribution is -0.146. The number of amides is 1. The fourth-order valence-electron chi connectivity index (χ4n) is 2.60. The summed E-state index contributed by atoms with van der Waals surface area (Å²) in [5, 5.41) is 3.83. The smallest absolute Gasteiger partial charge is 0.328 e. The number of benzene rings is 2. The maximum Gasteiger partial charge on any atom is 0.328 e. The van der Waals surface area contributed by atoms with Crippen LogP contribution in [0, 0.1) is 6.92 Å². The molecular formula is C21H19ClN2O3. The predicted octanol–water partition coefficient (Wildman–Crippen LogP) is 4.06. The zero-order valence-corrected chi connectivity index (χ0v) is 15.8. The summed E-state index contributed by atoms with van der Waals surface area (Å²) < 4.78 is 5.30. The van der Waals surface area contributed by atoms with E-state index in [0.29, 0.717) is 16.3 Å². The van der Waals surface area contributed by atoms with Crippen LogP contribution < -0.4 is 5.32 Å². The van der Waals surface area contributed by atoms with E-state index >= 15 is 0 Å². The first-order valence-corrected chi connectivity index (χ1v) is 8.90. The third-order valence-corrected chi connectivity index (χ3v) is 4.43. The van der Waals surface area contributed by atoms with Gasteiger partial charge in [-0.3, -0.25) is 4.79 Å². The minimum Gasteiger partial charge on any atom is -0.459 e. The number of fused-ring (bicyclic) bond motifs is 1. The van der Waals surface area contributed by atoms with Crippen LogP contribution in [0.3, 0.4) is 0 Å². The van der Waals surface area contributed by atoms with Gasteiger partial charge in [-0.15, -0.1) is 0 Å². The van der Waals surface area contributed by atoms with Crippen LogP contribution in [0.15, 0.2) is 54.6 Å². The van der Waals surface area contributed by atoms with Gasteiger partial charge in [-0.1, -0.05) is 41.9 Å². The van der Waals surface area contributed by atoms with Gasteiger partial charge in [0, 0.05) is 16.5 Å². The molecule has 5 nitrogen and oxygen atoms in total. The second-order valence-electron chi connectivity index (χ2n) is 6.30. The molecule has 0 aliphatic heterocycles. The van der Waals surface area contributed by atoms with Gasteiger partial charge in [-0.25, -0.2) is 9.78 Å². The second kappa shape index (κ2) is 8.18. The van der Waals surface area contributed by atoms with Crippen molar-refractivity contribution in [2.45, 2.75) is 26.5 Å². The van der Waals surface area contributed by atoms with Crippen LogP contribution in [0.5, 0.6) is 0 Å². The predicted molar refractivity (Wildman–Crippen MR) is 105 cm³/mol. The average Bonchev–Trinajstić information content (AvgIpc) is 2.66. The van der Waals surface area contributed by atoms with E-state index < -0.39 is 12.0 Å². The van der Waals surface area contributed by atoms with E-state index in [4.69, 9.17) is 16.3 Å². The molecule has 1 amide bonds. The lowest BCUT2D eigenvalue weighted by Gasteiger charge is -2.14. The van der Waals surface area contributed by atoms with Gasteiger partial charge in [-0.05, 0) is 43.7 Å². The Kier molecular flexibility index (Phi) is 5.72. The number of pyridine rings is 1. The molecule has 0 spiro atoms. The van der Waals surface area contributed by atoms with Crippen LogP contribution in [0.25, 0.3) is 10.9 Å². The Morgan fingerprint density at radius 1 is 1.15 bits per heavy atom. The van der Waals surface area contributed by atoms with Crippen molar-refractivity contribution in [3.8, 4) is 0 Å². The van der Waals surface area contributed by atoms with E-state index in [1.165, 1.54) is 0 Å². The molecule has 0 bridgehead atoms. The Morgan fingerprint density at radius 2 is 1.89 bits per heavy atom. The third-order valence-electron chi connectivity index (χ3n) is 4.11. The molecule has 3 aromatic rings. The molecule has 0 radical (unpaired) electrons. The summed E-state index contributed by atoms with van der Waals surface area (Å²) in [4.78, 5) is 28.7.